The van der Waals surface area contributed by atoms with Crippen molar-refractivity contribution in [2.45, 2.75) is 12.7 Å². The van der Waals surface area contributed by atoms with Crippen LogP contribution in [0.25, 0.3) is 0 Å². The first-order valence-electron chi connectivity index (χ1n) is 3.82. The first-order chi connectivity index (χ1) is 6.42. The highest BCUT2D eigenvalue weighted by molar-refractivity contribution is 6.30. The normalized spacial score (nSPS) is 14.5. The van der Waals surface area contributed by atoms with Gasteiger partial charge in [0.25, 0.3) is 0 Å². The Morgan fingerprint density at radius 2 is 1.93 bits per heavy atom. The number of hydrogen-bond acceptors (Lipinski definition) is 3. The van der Waals surface area contributed by atoms with Crippen LogP contribution in [0.5, 0.6) is 5.75 Å². The molecule has 0 fully saturated rings. The molecule has 5 heteroatoms. The Hall–Kier alpha value is -1.26. The average molecular weight is 217 g/mol. The SMILES string of the molecule is CC(O)(Oc1ccc(Cl)cc1)C(=O)O. The number of rotatable bonds is 3. The molecule has 1 atom stereocenters. The summed E-state index contributed by atoms with van der Waals surface area (Å²) in [4.78, 5) is 10.5. The Balaban J connectivity index is 2.79. The van der Waals surface area contributed by atoms with E-state index in [-0.39, 0.29) is 5.75 Å². The summed E-state index contributed by atoms with van der Waals surface area (Å²) in [6.45, 7) is 1.05. The molecule has 1 rings (SSSR count). The highest BCUT2D eigenvalue weighted by Gasteiger charge is 2.32. The molecule has 0 saturated heterocycles. The summed E-state index contributed by atoms with van der Waals surface area (Å²) in [5, 5.41) is 18.3. The van der Waals surface area contributed by atoms with E-state index in [0.717, 1.165) is 6.92 Å². The average Bonchev–Trinajstić information content (AvgIpc) is 2.08. The minimum Gasteiger partial charge on any atom is -0.476 e. The molecular weight excluding hydrogens is 208 g/mol. The maximum absolute atomic E-state index is 10.5. The predicted octanol–water partition coefficient (Wildman–Crippen LogP) is 1.51. The van der Waals surface area contributed by atoms with Crippen molar-refractivity contribution in [3.63, 3.8) is 0 Å². The van der Waals surface area contributed by atoms with Crippen LogP contribution in [0.15, 0.2) is 24.3 Å². The maximum Gasteiger partial charge on any atom is 0.376 e. The third kappa shape index (κ3) is 2.61. The van der Waals surface area contributed by atoms with E-state index < -0.39 is 11.8 Å². The number of carbonyl (C=O) groups is 1. The van der Waals surface area contributed by atoms with Crippen molar-refractivity contribution in [2.75, 3.05) is 0 Å². The largest absolute Gasteiger partial charge is 0.476 e. The number of carboxylic acids is 1. The summed E-state index contributed by atoms with van der Waals surface area (Å²) < 4.78 is 4.82. The van der Waals surface area contributed by atoms with Gasteiger partial charge in [0.15, 0.2) is 0 Å². The van der Waals surface area contributed by atoms with Crippen molar-refractivity contribution in [3.05, 3.63) is 29.3 Å². The summed E-state index contributed by atoms with van der Waals surface area (Å²) in [6.07, 6.45) is 0. The highest BCUT2D eigenvalue weighted by atomic mass is 35.5. The predicted molar refractivity (Wildman–Crippen MR) is 50.3 cm³/mol. The molecule has 1 unspecified atom stereocenters. The van der Waals surface area contributed by atoms with Gasteiger partial charge in [0.1, 0.15) is 5.75 Å². The molecule has 0 saturated carbocycles. The lowest BCUT2D eigenvalue weighted by Gasteiger charge is -2.19. The van der Waals surface area contributed by atoms with Crippen LogP contribution in [0.4, 0.5) is 0 Å². The lowest BCUT2D eigenvalue weighted by atomic mass is 10.3. The second kappa shape index (κ2) is 3.86. The molecule has 14 heavy (non-hydrogen) atoms. The Kier molecular flexibility index (Phi) is 2.98. The number of carboxylic acid groups (broad SMARTS) is 1. The van der Waals surface area contributed by atoms with Crippen molar-refractivity contribution >= 4 is 17.6 Å². The van der Waals surface area contributed by atoms with Crippen molar-refractivity contribution in [1.29, 1.82) is 0 Å². The second-order valence-electron chi connectivity index (χ2n) is 2.84. The monoisotopic (exact) mass is 216 g/mol. The van der Waals surface area contributed by atoms with Gasteiger partial charge in [-0.2, -0.15) is 0 Å². The van der Waals surface area contributed by atoms with E-state index in [1.807, 2.05) is 0 Å². The third-order valence-corrected chi connectivity index (χ3v) is 1.78. The highest BCUT2D eigenvalue weighted by Crippen LogP contribution is 2.19. The summed E-state index contributed by atoms with van der Waals surface area (Å²) in [5.74, 6) is -3.44. The fourth-order valence-electron chi connectivity index (χ4n) is 0.776. The molecular formula is C9H9ClO4. The minimum absolute atomic E-state index is 0.238. The van der Waals surface area contributed by atoms with E-state index in [9.17, 15) is 9.90 Å². The molecule has 0 amide bonds. The van der Waals surface area contributed by atoms with Crippen molar-refractivity contribution in [3.8, 4) is 5.75 Å². The molecule has 0 bridgehead atoms. The number of aliphatic carboxylic acids is 1. The lowest BCUT2D eigenvalue weighted by Crippen LogP contribution is -2.41. The molecule has 0 spiro atoms. The van der Waals surface area contributed by atoms with Crippen LogP contribution in [0.1, 0.15) is 6.92 Å². The number of halogens is 1. The van der Waals surface area contributed by atoms with E-state index in [1.165, 1.54) is 24.3 Å². The van der Waals surface area contributed by atoms with Gasteiger partial charge in [0.2, 0.25) is 0 Å². The third-order valence-electron chi connectivity index (χ3n) is 1.53. The van der Waals surface area contributed by atoms with E-state index in [1.54, 1.807) is 0 Å². The van der Waals surface area contributed by atoms with Crippen molar-refractivity contribution in [2.24, 2.45) is 0 Å². The molecule has 2 N–H and O–H groups in total. The lowest BCUT2D eigenvalue weighted by molar-refractivity contribution is -0.188. The summed E-state index contributed by atoms with van der Waals surface area (Å²) in [6, 6.07) is 6.02. The van der Waals surface area contributed by atoms with Crippen LogP contribution in [-0.2, 0) is 4.79 Å². The zero-order valence-electron chi connectivity index (χ0n) is 7.40. The molecule has 0 aliphatic rings. The first-order valence-corrected chi connectivity index (χ1v) is 4.20. The van der Waals surface area contributed by atoms with Gasteiger partial charge in [-0.3, -0.25) is 0 Å². The van der Waals surface area contributed by atoms with E-state index in [2.05, 4.69) is 0 Å². The quantitative estimate of drug-likeness (QED) is 0.752. The van der Waals surface area contributed by atoms with E-state index >= 15 is 0 Å². The molecule has 76 valence electrons. The van der Waals surface area contributed by atoms with Crippen LogP contribution in [0.2, 0.25) is 5.02 Å². The topological polar surface area (TPSA) is 66.8 Å². The molecule has 0 aliphatic carbocycles. The Morgan fingerprint density at radius 3 is 2.36 bits per heavy atom. The van der Waals surface area contributed by atoms with Crippen LogP contribution in [0.3, 0.4) is 0 Å². The van der Waals surface area contributed by atoms with Gasteiger partial charge < -0.3 is 14.9 Å². The van der Waals surface area contributed by atoms with Crippen LogP contribution in [0, 0.1) is 0 Å². The Morgan fingerprint density at radius 1 is 1.43 bits per heavy atom. The molecule has 1 aromatic rings. The van der Waals surface area contributed by atoms with Gasteiger partial charge in [-0.15, -0.1) is 0 Å². The molecule has 0 radical (unpaired) electrons. The molecule has 0 heterocycles. The van der Waals surface area contributed by atoms with Gasteiger partial charge >= 0.3 is 11.8 Å². The van der Waals surface area contributed by atoms with Crippen molar-refractivity contribution < 1.29 is 19.7 Å². The van der Waals surface area contributed by atoms with Gasteiger partial charge in [-0.25, -0.2) is 4.79 Å². The van der Waals surface area contributed by atoms with Gasteiger partial charge in [0.05, 0.1) is 0 Å². The fourth-order valence-corrected chi connectivity index (χ4v) is 0.902. The number of hydrogen-bond donors (Lipinski definition) is 2. The zero-order valence-corrected chi connectivity index (χ0v) is 8.15. The standard InChI is InChI=1S/C9H9ClO4/c1-9(13,8(11)12)14-7-4-2-6(10)3-5-7/h2-5,13H,1H3,(H,11,12). The fraction of sp³-hybridized carbons (Fsp3) is 0.222. The molecule has 0 aliphatic heterocycles. The van der Waals surface area contributed by atoms with Crippen LogP contribution in [-0.4, -0.2) is 22.0 Å². The first kappa shape index (κ1) is 10.8. The van der Waals surface area contributed by atoms with Crippen LogP contribution < -0.4 is 4.74 Å². The molecule has 4 nitrogen and oxygen atoms in total. The number of ether oxygens (including phenoxy) is 1. The summed E-state index contributed by atoms with van der Waals surface area (Å²) in [7, 11) is 0. The minimum atomic E-state index is -2.23. The number of aliphatic hydroxyl groups is 1. The maximum atomic E-state index is 10.5. The van der Waals surface area contributed by atoms with Crippen molar-refractivity contribution in [1.82, 2.24) is 0 Å². The van der Waals surface area contributed by atoms with Gasteiger partial charge in [0, 0.05) is 11.9 Å². The van der Waals surface area contributed by atoms with Gasteiger partial charge in [-0.05, 0) is 24.3 Å². The molecule has 0 aromatic heterocycles. The Labute approximate surface area is 85.7 Å². The zero-order chi connectivity index (χ0) is 10.8. The second-order valence-corrected chi connectivity index (χ2v) is 3.28. The summed E-state index contributed by atoms with van der Waals surface area (Å²) >= 11 is 5.61. The number of benzene rings is 1. The van der Waals surface area contributed by atoms with E-state index in [4.69, 9.17) is 21.4 Å². The summed E-state index contributed by atoms with van der Waals surface area (Å²) in [5.41, 5.74) is 0. The molecule has 1 aromatic carbocycles. The van der Waals surface area contributed by atoms with Gasteiger partial charge in [-0.1, -0.05) is 11.6 Å². The Bertz CT molecular complexity index is 331. The van der Waals surface area contributed by atoms with Crippen LogP contribution >= 0.6 is 11.6 Å². The van der Waals surface area contributed by atoms with E-state index in [0.29, 0.717) is 5.02 Å². The smallest absolute Gasteiger partial charge is 0.376 e.